The summed E-state index contributed by atoms with van der Waals surface area (Å²) in [5, 5.41) is 8.52. The maximum Gasteiger partial charge on any atom is 0.299 e. The van der Waals surface area contributed by atoms with Crippen LogP contribution in [0.2, 0.25) is 0 Å². The van der Waals surface area contributed by atoms with E-state index in [9.17, 15) is 4.79 Å². The Balaban J connectivity index is 2.74. The van der Waals surface area contributed by atoms with E-state index in [1.54, 1.807) is 6.92 Å². The molecule has 1 aromatic rings. The summed E-state index contributed by atoms with van der Waals surface area (Å²) < 4.78 is 11.5. The van der Waals surface area contributed by atoms with E-state index in [1.165, 1.54) is 17.7 Å². The molecule has 0 aliphatic carbocycles. The van der Waals surface area contributed by atoms with Gasteiger partial charge in [-0.15, -0.1) is 0 Å². The zero-order chi connectivity index (χ0) is 12.0. The molecule has 16 heavy (non-hydrogen) atoms. The molecule has 0 aromatic carbocycles. The molecule has 0 radical (unpaired) electrons. The van der Waals surface area contributed by atoms with Gasteiger partial charge in [0.1, 0.15) is 0 Å². The van der Waals surface area contributed by atoms with Crippen LogP contribution in [0.3, 0.4) is 0 Å². The number of ether oxygens (including phenoxy) is 2. The van der Waals surface area contributed by atoms with Gasteiger partial charge in [0.25, 0.3) is 11.6 Å². The molecule has 6 heteroatoms. The van der Waals surface area contributed by atoms with E-state index in [1.807, 2.05) is 0 Å². The van der Waals surface area contributed by atoms with Gasteiger partial charge in [0.05, 0.1) is 33.5 Å². The van der Waals surface area contributed by atoms with Crippen LogP contribution in [0.25, 0.3) is 0 Å². The Labute approximate surface area is 93.5 Å². The molecular weight excluding hydrogens is 212 g/mol. The zero-order valence-electron chi connectivity index (χ0n) is 9.47. The number of aromatic nitrogens is 2. The molecule has 0 spiro atoms. The molecule has 1 aromatic heterocycles. The first-order valence-electron chi connectivity index (χ1n) is 5.00. The molecule has 0 unspecified atom stereocenters. The molecule has 0 aliphatic rings. The van der Waals surface area contributed by atoms with Gasteiger partial charge in [0, 0.05) is 11.8 Å². The fraction of sp³-hybridized carbons (Fsp3) is 0.600. The summed E-state index contributed by atoms with van der Waals surface area (Å²) in [5.41, 5.74) is 0.450. The van der Waals surface area contributed by atoms with Crippen molar-refractivity contribution in [3.8, 4) is 6.01 Å². The average molecular weight is 228 g/mol. The van der Waals surface area contributed by atoms with E-state index in [2.05, 4.69) is 4.98 Å². The van der Waals surface area contributed by atoms with Crippen molar-refractivity contribution in [1.82, 2.24) is 9.55 Å². The SMILES string of the molecule is COc1nc(C)cc(=O)n1CCOCCO. The summed E-state index contributed by atoms with van der Waals surface area (Å²) in [6.07, 6.45) is 0. The number of aliphatic hydroxyl groups excluding tert-OH is 1. The smallest absolute Gasteiger partial charge is 0.299 e. The van der Waals surface area contributed by atoms with Crippen molar-refractivity contribution < 1.29 is 14.6 Å². The second-order valence-corrected chi connectivity index (χ2v) is 3.21. The first-order valence-corrected chi connectivity index (χ1v) is 5.00. The van der Waals surface area contributed by atoms with E-state index in [0.717, 1.165) is 0 Å². The van der Waals surface area contributed by atoms with Gasteiger partial charge in [0.15, 0.2) is 0 Å². The quantitative estimate of drug-likeness (QED) is 0.669. The minimum Gasteiger partial charge on any atom is -0.468 e. The molecule has 1 N–H and O–H groups in total. The summed E-state index contributed by atoms with van der Waals surface area (Å²) in [6, 6.07) is 1.71. The normalized spacial score (nSPS) is 10.4. The number of nitrogens with zero attached hydrogens (tertiary/aromatic N) is 2. The first-order chi connectivity index (χ1) is 7.69. The van der Waals surface area contributed by atoms with E-state index in [0.29, 0.717) is 18.8 Å². The highest BCUT2D eigenvalue weighted by Gasteiger charge is 2.06. The van der Waals surface area contributed by atoms with Crippen LogP contribution in [0, 0.1) is 6.92 Å². The Morgan fingerprint density at radius 2 is 2.25 bits per heavy atom. The van der Waals surface area contributed by atoms with Gasteiger partial charge in [-0.1, -0.05) is 0 Å². The third-order valence-corrected chi connectivity index (χ3v) is 1.98. The summed E-state index contributed by atoms with van der Waals surface area (Å²) in [5.74, 6) is 0. The van der Waals surface area contributed by atoms with E-state index >= 15 is 0 Å². The highest BCUT2D eigenvalue weighted by molar-refractivity contribution is 5.06. The number of rotatable bonds is 6. The molecule has 6 nitrogen and oxygen atoms in total. The summed E-state index contributed by atoms with van der Waals surface area (Å²) >= 11 is 0. The summed E-state index contributed by atoms with van der Waals surface area (Å²) in [7, 11) is 1.46. The minimum atomic E-state index is -0.169. The molecule has 1 heterocycles. The Morgan fingerprint density at radius 1 is 1.50 bits per heavy atom. The second-order valence-electron chi connectivity index (χ2n) is 3.21. The van der Waals surface area contributed by atoms with Crippen LogP contribution in [0.5, 0.6) is 6.01 Å². The molecule has 0 bridgehead atoms. The Morgan fingerprint density at radius 3 is 2.88 bits per heavy atom. The van der Waals surface area contributed by atoms with E-state index in [-0.39, 0.29) is 24.8 Å². The fourth-order valence-electron chi connectivity index (χ4n) is 1.28. The molecule has 90 valence electrons. The van der Waals surface area contributed by atoms with Crippen molar-refractivity contribution in [2.24, 2.45) is 0 Å². The largest absolute Gasteiger partial charge is 0.468 e. The van der Waals surface area contributed by atoms with Crippen molar-refractivity contribution in [3.05, 3.63) is 22.1 Å². The molecule has 0 aliphatic heterocycles. The lowest BCUT2D eigenvalue weighted by Gasteiger charge is -2.10. The fourth-order valence-corrected chi connectivity index (χ4v) is 1.28. The van der Waals surface area contributed by atoms with Crippen molar-refractivity contribution in [1.29, 1.82) is 0 Å². The maximum atomic E-state index is 11.6. The van der Waals surface area contributed by atoms with Crippen LogP contribution >= 0.6 is 0 Å². The van der Waals surface area contributed by atoms with Crippen molar-refractivity contribution in [2.75, 3.05) is 26.9 Å². The number of hydrogen-bond acceptors (Lipinski definition) is 5. The standard InChI is InChI=1S/C10H16N2O4/c1-8-7-9(14)12(10(11-8)15-2)3-5-16-6-4-13/h7,13H,3-6H2,1-2H3. The topological polar surface area (TPSA) is 73.6 Å². The maximum absolute atomic E-state index is 11.6. The third kappa shape index (κ3) is 3.32. The van der Waals surface area contributed by atoms with Gasteiger partial charge in [0.2, 0.25) is 0 Å². The Bertz CT molecular complexity index is 389. The van der Waals surface area contributed by atoms with Crippen LogP contribution in [-0.2, 0) is 11.3 Å². The second kappa shape index (κ2) is 6.24. The number of methoxy groups -OCH3 is 1. The van der Waals surface area contributed by atoms with Crippen molar-refractivity contribution in [3.63, 3.8) is 0 Å². The molecule has 0 saturated carbocycles. The first kappa shape index (κ1) is 12.7. The van der Waals surface area contributed by atoms with Gasteiger partial charge in [-0.05, 0) is 6.92 Å². The molecular formula is C10H16N2O4. The molecule has 0 atom stereocenters. The van der Waals surface area contributed by atoms with Gasteiger partial charge in [-0.3, -0.25) is 9.36 Å². The lowest BCUT2D eigenvalue weighted by atomic mass is 10.4. The van der Waals surface area contributed by atoms with E-state index in [4.69, 9.17) is 14.6 Å². The van der Waals surface area contributed by atoms with Crippen LogP contribution in [0.15, 0.2) is 10.9 Å². The summed E-state index contributed by atoms with van der Waals surface area (Å²) in [6.45, 7) is 2.65. The Hall–Kier alpha value is -1.40. The van der Waals surface area contributed by atoms with E-state index < -0.39 is 0 Å². The number of hydrogen-bond donors (Lipinski definition) is 1. The molecule has 0 saturated heterocycles. The predicted octanol–water partition coefficient (Wildman–Crippen LogP) is -0.431. The van der Waals surface area contributed by atoms with Crippen LogP contribution < -0.4 is 10.3 Å². The minimum absolute atomic E-state index is 0.0296. The lowest BCUT2D eigenvalue weighted by molar-refractivity contribution is 0.0850. The van der Waals surface area contributed by atoms with Gasteiger partial charge in [-0.25, -0.2) is 4.98 Å². The van der Waals surface area contributed by atoms with Crippen molar-refractivity contribution in [2.45, 2.75) is 13.5 Å². The van der Waals surface area contributed by atoms with Gasteiger partial charge in [-0.2, -0.15) is 0 Å². The van der Waals surface area contributed by atoms with Crippen LogP contribution in [0.4, 0.5) is 0 Å². The number of aryl methyl sites for hydroxylation is 1. The van der Waals surface area contributed by atoms with Gasteiger partial charge < -0.3 is 14.6 Å². The number of aliphatic hydroxyl groups is 1. The monoisotopic (exact) mass is 228 g/mol. The average Bonchev–Trinajstić information content (AvgIpc) is 2.26. The summed E-state index contributed by atoms with van der Waals surface area (Å²) in [4.78, 5) is 15.7. The predicted molar refractivity (Wildman–Crippen MR) is 57.7 cm³/mol. The highest BCUT2D eigenvalue weighted by atomic mass is 16.5. The molecule has 0 amide bonds. The highest BCUT2D eigenvalue weighted by Crippen LogP contribution is 2.03. The van der Waals surface area contributed by atoms with Crippen LogP contribution in [-0.4, -0.2) is 41.6 Å². The Kier molecular flexibility index (Phi) is 4.94. The van der Waals surface area contributed by atoms with Crippen molar-refractivity contribution >= 4 is 0 Å². The van der Waals surface area contributed by atoms with Crippen LogP contribution in [0.1, 0.15) is 5.69 Å². The van der Waals surface area contributed by atoms with Gasteiger partial charge >= 0.3 is 0 Å². The lowest BCUT2D eigenvalue weighted by Crippen LogP contribution is -2.25. The zero-order valence-corrected chi connectivity index (χ0v) is 9.47. The molecule has 1 rings (SSSR count). The molecule has 0 fully saturated rings. The third-order valence-electron chi connectivity index (χ3n) is 1.98.